The number of thiazole rings is 1. The molecular weight excluding hydrogens is 484 g/mol. The van der Waals surface area contributed by atoms with Gasteiger partial charge in [0.2, 0.25) is 0 Å². The third-order valence-corrected chi connectivity index (χ3v) is 9.11. The summed E-state index contributed by atoms with van der Waals surface area (Å²) in [6.07, 6.45) is 1.98. The smallest absolute Gasteiger partial charge is 0.185 e. The van der Waals surface area contributed by atoms with Crippen molar-refractivity contribution in [3.05, 3.63) is 69.6 Å². The third-order valence-electron chi connectivity index (χ3n) is 5.35. The largest absolute Gasteiger partial charge is 0.497 e. The Morgan fingerprint density at radius 2 is 1.90 bits per heavy atom. The van der Waals surface area contributed by atoms with Gasteiger partial charge in [-0.25, -0.2) is 13.4 Å². The van der Waals surface area contributed by atoms with Gasteiger partial charge in [0.15, 0.2) is 15.0 Å². The van der Waals surface area contributed by atoms with Gasteiger partial charge < -0.3 is 9.64 Å². The molecule has 8 heteroatoms. The molecule has 0 unspecified atom stereocenters. The maximum atomic E-state index is 12.9. The number of hydrogen-bond acceptors (Lipinski definition) is 6. The lowest BCUT2D eigenvalue weighted by molar-refractivity contribution is 0.414. The van der Waals surface area contributed by atoms with E-state index in [-0.39, 0.29) is 5.25 Å². The van der Waals surface area contributed by atoms with Gasteiger partial charge in [0.25, 0.3) is 0 Å². The molecule has 158 valence electrons. The van der Waals surface area contributed by atoms with Crippen LogP contribution in [-0.2, 0) is 16.3 Å². The standard InChI is InChI=1S/C22H23BrN2O3S2/c1-28-19-4-2-3-16(14-19)13-18-15-29-22(24-18)25-11-9-21(10-12-25)30(26,27)20-7-5-17(23)6-8-20/h2-8,14-15,21H,9-13H2,1H3. The lowest BCUT2D eigenvalue weighted by Crippen LogP contribution is -2.39. The van der Waals surface area contributed by atoms with E-state index in [1.807, 2.05) is 18.2 Å². The van der Waals surface area contributed by atoms with Gasteiger partial charge in [-0.15, -0.1) is 11.3 Å². The number of halogens is 1. The first-order valence-electron chi connectivity index (χ1n) is 9.77. The van der Waals surface area contributed by atoms with Crippen molar-refractivity contribution in [3.8, 4) is 5.75 Å². The second-order valence-corrected chi connectivity index (χ2v) is 11.3. The van der Waals surface area contributed by atoms with E-state index in [2.05, 4.69) is 32.3 Å². The molecule has 5 nitrogen and oxygen atoms in total. The number of methoxy groups -OCH3 is 1. The van der Waals surface area contributed by atoms with Crippen LogP contribution in [0, 0.1) is 0 Å². The molecular formula is C22H23BrN2O3S2. The van der Waals surface area contributed by atoms with Crippen LogP contribution in [0.5, 0.6) is 5.75 Å². The highest BCUT2D eigenvalue weighted by atomic mass is 79.9. The summed E-state index contributed by atoms with van der Waals surface area (Å²) in [6.45, 7) is 1.40. The van der Waals surface area contributed by atoms with Gasteiger partial charge in [0, 0.05) is 29.4 Å². The van der Waals surface area contributed by atoms with E-state index in [0.717, 1.165) is 33.0 Å². The van der Waals surface area contributed by atoms with E-state index in [0.29, 0.717) is 30.8 Å². The lowest BCUT2D eigenvalue weighted by atomic mass is 10.1. The van der Waals surface area contributed by atoms with Crippen LogP contribution in [0.15, 0.2) is 63.3 Å². The van der Waals surface area contributed by atoms with Crippen LogP contribution < -0.4 is 9.64 Å². The minimum atomic E-state index is -3.30. The van der Waals surface area contributed by atoms with E-state index in [9.17, 15) is 8.42 Å². The minimum Gasteiger partial charge on any atom is -0.497 e. The summed E-state index contributed by atoms with van der Waals surface area (Å²) in [5, 5.41) is 2.71. The number of nitrogens with zero attached hydrogens (tertiary/aromatic N) is 2. The van der Waals surface area contributed by atoms with Crippen molar-refractivity contribution >= 4 is 42.2 Å². The average Bonchev–Trinajstić information content (AvgIpc) is 3.23. The quantitative estimate of drug-likeness (QED) is 0.473. The average molecular weight is 507 g/mol. The third kappa shape index (κ3) is 4.71. The van der Waals surface area contributed by atoms with E-state index < -0.39 is 9.84 Å². The Balaban J connectivity index is 1.39. The van der Waals surface area contributed by atoms with Crippen LogP contribution in [0.4, 0.5) is 5.13 Å². The van der Waals surface area contributed by atoms with E-state index in [4.69, 9.17) is 9.72 Å². The van der Waals surface area contributed by atoms with Gasteiger partial charge in [-0.05, 0) is 54.8 Å². The van der Waals surface area contributed by atoms with Gasteiger partial charge in [-0.1, -0.05) is 28.1 Å². The first-order valence-corrected chi connectivity index (χ1v) is 13.0. The molecule has 1 aromatic heterocycles. The molecule has 0 bridgehead atoms. The van der Waals surface area contributed by atoms with Gasteiger partial charge in [0.1, 0.15) is 5.75 Å². The molecule has 0 amide bonds. The van der Waals surface area contributed by atoms with Crippen molar-refractivity contribution < 1.29 is 13.2 Å². The molecule has 0 saturated carbocycles. The minimum absolute atomic E-state index is 0.342. The van der Waals surface area contributed by atoms with Crippen LogP contribution in [0.2, 0.25) is 0 Å². The molecule has 0 spiro atoms. The summed E-state index contributed by atoms with van der Waals surface area (Å²) in [4.78, 5) is 7.39. The summed E-state index contributed by atoms with van der Waals surface area (Å²) in [5.41, 5.74) is 2.18. The van der Waals surface area contributed by atoms with E-state index in [1.54, 1.807) is 42.7 Å². The summed E-state index contributed by atoms with van der Waals surface area (Å²) in [7, 11) is -1.64. The molecule has 1 aliphatic rings. The number of anilines is 1. The number of aromatic nitrogens is 1. The number of rotatable bonds is 6. The molecule has 2 heterocycles. The van der Waals surface area contributed by atoms with Crippen molar-refractivity contribution in [2.24, 2.45) is 0 Å². The molecule has 1 aliphatic heterocycles. The van der Waals surface area contributed by atoms with Gasteiger partial charge in [-0.2, -0.15) is 0 Å². The molecule has 0 atom stereocenters. The molecule has 0 radical (unpaired) electrons. The predicted octanol–water partition coefficient (Wildman–Crippen LogP) is 4.95. The summed E-state index contributed by atoms with van der Waals surface area (Å²) < 4.78 is 32.1. The predicted molar refractivity (Wildman–Crippen MR) is 124 cm³/mol. The Labute approximate surface area is 189 Å². The Morgan fingerprint density at radius 3 is 2.60 bits per heavy atom. The number of sulfone groups is 1. The summed E-state index contributed by atoms with van der Waals surface area (Å²) >= 11 is 4.98. The fraction of sp³-hybridized carbons (Fsp3) is 0.318. The van der Waals surface area contributed by atoms with Crippen molar-refractivity contribution in [1.82, 2.24) is 4.98 Å². The van der Waals surface area contributed by atoms with Gasteiger partial charge >= 0.3 is 0 Å². The van der Waals surface area contributed by atoms with Gasteiger partial charge in [0.05, 0.1) is 22.9 Å². The van der Waals surface area contributed by atoms with E-state index >= 15 is 0 Å². The second-order valence-electron chi connectivity index (χ2n) is 7.34. The highest BCUT2D eigenvalue weighted by Crippen LogP contribution is 2.30. The molecule has 1 saturated heterocycles. The molecule has 0 aliphatic carbocycles. The molecule has 4 rings (SSSR count). The number of hydrogen-bond donors (Lipinski definition) is 0. The van der Waals surface area contributed by atoms with Crippen molar-refractivity contribution in [3.63, 3.8) is 0 Å². The summed E-state index contributed by atoms with van der Waals surface area (Å²) in [5.74, 6) is 0.844. The topological polar surface area (TPSA) is 59.5 Å². The second kappa shape index (κ2) is 9.08. The zero-order chi connectivity index (χ0) is 21.1. The molecule has 1 fully saturated rings. The molecule has 3 aromatic rings. The zero-order valence-corrected chi connectivity index (χ0v) is 19.8. The van der Waals surface area contributed by atoms with Crippen LogP contribution in [-0.4, -0.2) is 38.9 Å². The van der Waals surface area contributed by atoms with Crippen LogP contribution in [0.1, 0.15) is 24.1 Å². The fourth-order valence-corrected chi connectivity index (χ4v) is 6.56. The maximum Gasteiger partial charge on any atom is 0.185 e. The normalized spacial score (nSPS) is 15.3. The number of ether oxygens (including phenoxy) is 1. The zero-order valence-electron chi connectivity index (χ0n) is 16.6. The van der Waals surface area contributed by atoms with Crippen LogP contribution in [0.25, 0.3) is 0 Å². The Morgan fingerprint density at radius 1 is 1.17 bits per heavy atom. The lowest BCUT2D eigenvalue weighted by Gasteiger charge is -2.31. The first-order chi connectivity index (χ1) is 14.5. The van der Waals surface area contributed by atoms with Crippen LogP contribution in [0.3, 0.4) is 0 Å². The van der Waals surface area contributed by atoms with Crippen molar-refractivity contribution in [2.75, 3.05) is 25.1 Å². The number of piperidine rings is 1. The highest BCUT2D eigenvalue weighted by molar-refractivity contribution is 9.10. The highest BCUT2D eigenvalue weighted by Gasteiger charge is 2.32. The Hall–Kier alpha value is -1.90. The maximum absolute atomic E-state index is 12.9. The van der Waals surface area contributed by atoms with Crippen molar-refractivity contribution in [1.29, 1.82) is 0 Å². The fourth-order valence-electron chi connectivity index (χ4n) is 3.69. The van der Waals surface area contributed by atoms with Gasteiger partial charge in [-0.3, -0.25) is 0 Å². The first kappa shape index (κ1) is 21.3. The molecule has 0 N–H and O–H groups in total. The van der Waals surface area contributed by atoms with Crippen LogP contribution >= 0.6 is 27.3 Å². The Bertz CT molecular complexity index is 1110. The molecule has 2 aromatic carbocycles. The van der Waals surface area contributed by atoms with E-state index in [1.165, 1.54) is 0 Å². The molecule has 30 heavy (non-hydrogen) atoms. The summed E-state index contributed by atoms with van der Waals surface area (Å²) in [6, 6.07) is 14.9. The Kier molecular flexibility index (Phi) is 6.46. The monoisotopic (exact) mass is 506 g/mol. The number of benzene rings is 2. The van der Waals surface area contributed by atoms with Crippen molar-refractivity contribution in [2.45, 2.75) is 29.4 Å². The SMILES string of the molecule is COc1cccc(Cc2csc(N3CCC(S(=O)(=O)c4ccc(Br)cc4)CC3)n2)c1.